The number of rotatable bonds is 3. The van der Waals surface area contributed by atoms with Crippen LogP contribution in [-0.4, -0.2) is 29.9 Å². The van der Waals surface area contributed by atoms with Gasteiger partial charge >= 0.3 is 5.97 Å². The highest BCUT2D eigenvalue weighted by atomic mass is 16.4. The number of benzene rings is 1. The molecule has 0 bridgehead atoms. The third-order valence-electron chi connectivity index (χ3n) is 3.53. The van der Waals surface area contributed by atoms with Gasteiger partial charge in [0.05, 0.1) is 11.3 Å². The molecule has 0 radical (unpaired) electrons. The van der Waals surface area contributed by atoms with Gasteiger partial charge in [-0.15, -0.1) is 0 Å². The fourth-order valence-corrected chi connectivity index (χ4v) is 2.55. The number of carboxylic acid groups (broad SMARTS) is 1. The minimum absolute atomic E-state index is 0.104. The van der Waals surface area contributed by atoms with E-state index < -0.39 is 5.97 Å². The lowest BCUT2D eigenvalue weighted by Gasteiger charge is -2.25. The van der Waals surface area contributed by atoms with Gasteiger partial charge in [-0.25, -0.2) is 4.79 Å². The van der Waals surface area contributed by atoms with Crippen molar-refractivity contribution in [3.63, 3.8) is 0 Å². The predicted molar refractivity (Wildman–Crippen MR) is 81.0 cm³/mol. The third-order valence-corrected chi connectivity index (χ3v) is 3.53. The molecule has 2 amide bonds. The van der Waals surface area contributed by atoms with Gasteiger partial charge in [-0.2, -0.15) is 0 Å². The van der Waals surface area contributed by atoms with Crippen molar-refractivity contribution in [2.75, 3.05) is 17.3 Å². The lowest BCUT2D eigenvalue weighted by Crippen LogP contribution is -2.26. The summed E-state index contributed by atoms with van der Waals surface area (Å²) in [6.07, 6.45) is 0. The summed E-state index contributed by atoms with van der Waals surface area (Å²) >= 11 is 0. The van der Waals surface area contributed by atoms with E-state index in [-0.39, 0.29) is 17.4 Å². The van der Waals surface area contributed by atoms with Crippen molar-refractivity contribution in [2.45, 2.75) is 34.6 Å². The molecule has 114 valence electrons. The molecule has 1 rings (SSSR count). The maximum Gasteiger partial charge on any atom is 0.336 e. The van der Waals surface area contributed by atoms with Gasteiger partial charge in [0, 0.05) is 26.6 Å². The van der Waals surface area contributed by atoms with E-state index in [1.54, 1.807) is 27.8 Å². The van der Waals surface area contributed by atoms with Crippen LogP contribution < -0.4 is 10.2 Å². The molecule has 0 spiro atoms. The summed E-state index contributed by atoms with van der Waals surface area (Å²) in [6.45, 7) is 7.82. The van der Waals surface area contributed by atoms with Crippen molar-refractivity contribution in [2.24, 2.45) is 0 Å². The fourth-order valence-electron chi connectivity index (χ4n) is 2.55. The Labute approximate surface area is 123 Å². The normalized spacial score (nSPS) is 10.2. The SMILES string of the molecule is CC(=O)Nc1c(C)c(C(=O)O)c(C)c(N(C)C(C)=O)c1C. The van der Waals surface area contributed by atoms with E-state index in [0.29, 0.717) is 28.1 Å². The van der Waals surface area contributed by atoms with Crippen molar-refractivity contribution in [1.29, 1.82) is 0 Å². The zero-order valence-electron chi connectivity index (χ0n) is 13.1. The van der Waals surface area contributed by atoms with E-state index in [9.17, 15) is 19.5 Å². The minimum atomic E-state index is -1.09. The zero-order valence-corrected chi connectivity index (χ0v) is 13.1. The molecule has 1 aromatic carbocycles. The molecule has 1 aromatic rings. The van der Waals surface area contributed by atoms with Crippen LogP contribution in [0.25, 0.3) is 0 Å². The molecular weight excluding hydrogens is 272 g/mol. The second kappa shape index (κ2) is 5.95. The first-order valence-electron chi connectivity index (χ1n) is 6.48. The van der Waals surface area contributed by atoms with Gasteiger partial charge < -0.3 is 15.3 Å². The van der Waals surface area contributed by atoms with Crippen molar-refractivity contribution in [3.05, 3.63) is 22.3 Å². The first kappa shape index (κ1) is 16.7. The summed E-state index contributed by atoms with van der Waals surface area (Å²) in [7, 11) is 1.58. The first-order valence-corrected chi connectivity index (χ1v) is 6.48. The number of anilines is 2. The average Bonchev–Trinajstić information content (AvgIpc) is 2.33. The molecule has 0 atom stereocenters. The molecule has 6 nitrogen and oxygen atoms in total. The van der Waals surface area contributed by atoms with E-state index in [1.807, 2.05) is 0 Å². The Kier molecular flexibility index (Phi) is 4.73. The fraction of sp³-hybridized carbons (Fsp3) is 0.400. The lowest BCUT2D eigenvalue weighted by atomic mass is 9.94. The molecule has 0 saturated carbocycles. The summed E-state index contributed by atoms with van der Waals surface area (Å²) in [5.41, 5.74) is 2.70. The number of carboxylic acids is 1. The number of carbonyl (C=O) groups excluding carboxylic acids is 2. The van der Waals surface area contributed by atoms with Gasteiger partial charge in [-0.05, 0) is 37.5 Å². The highest BCUT2D eigenvalue weighted by molar-refractivity contribution is 6.03. The zero-order chi connectivity index (χ0) is 16.5. The molecular formula is C15H20N2O4. The molecule has 0 saturated heterocycles. The topological polar surface area (TPSA) is 86.7 Å². The maximum absolute atomic E-state index is 11.6. The lowest BCUT2D eigenvalue weighted by molar-refractivity contribution is -0.116. The van der Waals surface area contributed by atoms with E-state index in [1.165, 1.54) is 18.7 Å². The average molecular weight is 292 g/mol. The van der Waals surface area contributed by atoms with Crippen LogP contribution in [0.5, 0.6) is 0 Å². The van der Waals surface area contributed by atoms with E-state index in [0.717, 1.165) is 0 Å². The van der Waals surface area contributed by atoms with Crippen LogP contribution in [0.3, 0.4) is 0 Å². The van der Waals surface area contributed by atoms with E-state index >= 15 is 0 Å². The molecule has 2 N–H and O–H groups in total. The van der Waals surface area contributed by atoms with Crippen molar-refractivity contribution >= 4 is 29.2 Å². The maximum atomic E-state index is 11.6. The molecule has 0 aromatic heterocycles. The van der Waals surface area contributed by atoms with Crippen LogP contribution >= 0.6 is 0 Å². The Morgan fingerprint density at radius 2 is 1.52 bits per heavy atom. The Hall–Kier alpha value is -2.37. The Balaban J connectivity index is 3.79. The number of amides is 2. The highest BCUT2D eigenvalue weighted by Crippen LogP contribution is 2.36. The quantitative estimate of drug-likeness (QED) is 0.894. The Morgan fingerprint density at radius 1 is 1.00 bits per heavy atom. The van der Waals surface area contributed by atoms with E-state index in [2.05, 4.69) is 5.32 Å². The number of aromatic carboxylic acids is 1. The summed E-state index contributed by atoms with van der Waals surface area (Å²) < 4.78 is 0. The van der Waals surface area contributed by atoms with Crippen molar-refractivity contribution in [1.82, 2.24) is 0 Å². The number of nitrogens with one attached hydrogen (secondary N) is 1. The molecule has 0 aliphatic heterocycles. The van der Waals surface area contributed by atoms with Crippen LogP contribution in [0.4, 0.5) is 11.4 Å². The van der Waals surface area contributed by atoms with Crippen LogP contribution in [0.15, 0.2) is 0 Å². The van der Waals surface area contributed by atoms with Gasteiger partial charge in [-0.1, -0.05) is 0 Å². The monoisotopic (exact) mass is 292 g/mol. The summed E-state index contributed by atoms with van der Waals surface area (Å²) in [4.78, 5) is 35.9. The van der Waals surface area contributed by atoms with Crippen LogP contribution in [-0.2, 0) is 9.59 Å². The molecule has 0 aliphatic carbocycles. The highest BCUT2D eigenvalue weighted by Gasteiger charge is 2.24. The van der Waals surface area contributed by atoms with Gasteiger partial charge in [0.1, 0.15) is 0 Å². The summed E-state index contributed by atoms with van der Waals surface area (Å²) in [5, 5.41) is 12.1. The van der Waals surface area contributed by atoms with E-state index in [4.69, 9.17) is 0 Å². The largest absolute Gasteiger partial charge is 0.478 e. The van der Waals surface area contributed by atoms with Gasteiger partial charge in [-0.3, -0.25) is 9.59 Å². The molecule has 0 heterocycles. The minimum Gasteiger partial charge on any atom is -0.478 e. The second-order valence-corrected chi connectivity index (χ2v) is 5.04. The van der Waals surface area contributed by atoms with Gasteiger partial charge in [0.15, 0.2) is 0 Å². The molecule has 21 heavy (non-hydrogen) atoms. The Morgan fingerprint density at radius 3 is 1.90 bits per heavy atom. The number of carbonyl (C=O) groups is 3. The number of hydrogen-bond acceptors (Lipinski definition) is 3. The summed E-state index contributed by atoms with van der Waals surface area (Å²) in [6, 6.07) is 0. The van der Waals surface area contributed by atoms with Gasteiger partial charge in [0.25, 0.3) is 0 Å². The Bertz CT molecular complexity index is 635. The smallest absolute Gasteiger partial charge is 0.336 e. The molecule has 0 fully saturated rings. The molecule has 6 heteroatoms. The van der Waals surface area contributed by atoms with Crippen LogP contribution in [0.1, 0.15) is 40.9 Å². The predicted octanol–water partition coefficient (Wildman–Crippen LogP) is 2.25. The summed E-state index contributed by atoms with van der Waals surface area (Å²) in [5.74, 6) is -1.59. The van der Waals surface area contributed by atoms with Crippen molar-refractivity contribution in [3.8, 4) is 0 Å². The third kappa shape index (κ3) is 3.04. The molecule has 0 unspecified atom stereocenters. The standard InChI is InChI=1S/C15H20N2O4/c1-7-12(15(20)21)8(2)14(17(6)11(5)19)9(3)13(7)16-10(4)18/h1-6H3,(H,16,18)(H,20,21). The second-order valence-electron chi connectivity index (χ2n) is 5.04. The number of hydrogen-bond donors (Lipinski definition) is 2. The molecule has 0 aliphatic rings. The van der Waals surface area contributed by atoms with Crippen LogP contribution in [0.2, 0.25) is 0 Å². The van der Waals surface area contributed by atoms with Gasteiger partial charge in [0.2, 0.25) is 11.8 Å². The van der Waals surface area contributed by atoms with Crippen molar-refractivity contribution < 1.29 is 19.5 Å². The first-order chi connectivity index (χ1) is 9.59. The van der Waals surface area contributed by atoms with Crippen LogP contribution in [0, 0.1) is 20.8 Å². The number of nitrogens with zero attached hydrogens (tertiary/aromatic N) is 1.